The van der Waals surface area contributed by atoms with Gasteiger partial charge in [0.15, 0.2) is 0 Å². The summed E-state index contributed by atoms with van der Waals surface area (Å²) in [6, 6.07) is 3.13. The van der Waals surface area contributed by atoms with E-state index in [1.165, 1.54) is 0 Å². The van der Waals surface area contributed by atoms with Gasteiger partial charge >= 0.3 is 6.03 Å². The Kier molecular flexibility index (Phi) is 4.39. The lowest BCUT2D eigenvalue weighted by Crippen LogP contribution is -2.40. The van der Waals surface area contributed by atoms with Crippen LogP contribution >= 0.6 is 15.9 Å². The molecular formula is C12H14BrN3O3. The summed E-state index contributed by atoms with van der Waals surface area (Å²) >= 11 is 3.45. The number of primary amides is 1. The van der Waals surface area contributed by atoms with E-state index in [0.29, 0.717) is 13.2 Å². The van der Waals surface area contributed by atoms with Crippen molar-refractivity contribution in [2.75, 3.05) is 13.2 Å². The first-order valence-corrected chi connectivity index (χ1v) is 6.59. The Bertz CT molecular complexity index is 519. The predicted octanol–water partition coefficient (Wildman–Crippen LogP) is 0.668. The highest BCUT2D eigenvalue weighted by molar-refractivity contribution is 9.10. The zero-order valence-corrected chi connectivity index (χ0v) is 11.7. The predicted molar refractivity (Wildman–Crippen MR) is 72.8 cm³/mol. The molecule has 102 valence electrons. The van der Waals surface area contributed by atoms with E-state index in [4.69, 9.17) is 10.5 Å². The Morgan fingerprint density at radius 3 is 2.95 bits per heavy atom. The van der Waals surface area contributed by atoms with Gasteiger partial charge < -0.3 is 15.8 Å². The lowest BCUT2D eigenvalue weighted by molar-refractivity contribution is -0.119. The van der Waals surface area contributed by atoms with Crippen LogP contribution in [0.3, 0.4) is 0 Å². The zero-order valence-electron chi connectivity index (χ0n) is 10.2. The Balaban J connectivity index is 1.93. The van der Waals surface area contributed by atoms with Gasteiger partial charge in [0.25, 0.3) is 0 Å². The van der Waals surface area contributed by atoms with Gasteiger partial charge in [-0.15, -0.1) is 0 Å². The van der Waals surface area contributed by atoms with E-state index in [0.717, 1.165) is 27.8 Å². The highest BCUT2D eigenvalue weighted by Crippen LogP contribution is 2.32. The third-order valence-corrected chi connectivity index (χ3v) is 3.15. The van der Waals surface area contributed by atoms with Gasteiger partial charge in [-0.05, 0) is 17.7 Å². The molecule has 3 amide bonds. The molecule has 0 radical (unpaired) electrons. The summed E-state index contributed by atoms with van der Waals surface area (Å²) in [5.41, 5.74) is 6.99. The van der Waals surface area contributed by atoms with Crippen LogP contribution in [0.4, 0.5) is 4.79 Å². The molecule has 0 saturated heterocycles. The number of hydrogen-bond donors (Lipinski definition) is 3. The summed E-state index contributed by atoms with van der Waals surface area (Å²) in [7, 11) is 0. The number of hydrogen-bond acceptors (Lipinski definition) is 4. The van der Waals surface area contributed by atoms with E-state index in [2.05, 4.69) is 21.2 Å². The van der Waals surface area contributed by atoms with Crippen molar-refractivity contribution in [1.29, 1.82) is 0 Å². The third kappa shape index (κ3) is 3.68. The van der Waals surface area contributed by atoms with Crippen molar-refractivity contribution in [3.63, 3.8) is 0 Å². The number of urea groups is 1. The normalized spacial score (nSPS) is 12.7. The number of fused-ring (bicyclic) bond motifs is 1. The summed E-state index contributed by atoms with van der Waals surface area (Å²) in [5.74, 6) is 0.422. The number of benzene rings is 1. The molecule has 7 heteroatoms. The Morgan fingerprint density at radius 2 is 2.21 bits per heavy atom. The van der Waals surface area contributed by atoms with Gasteiger partial charge in [0.1, 0.15) is 5.75 Å². The maximum absolute atomic E-state index is 11.2. The number of carbonyl (C=O) groups excluding carboxylic acids is 2. The fourth-order valence-electron chi connectivity index (χ4n) is 1.97. The molecule has 0 aromatic heterocycles. The number of ether oxygens (including phenoxy) is 1. The quantitative estimate of drug-likeness (QED) is 0.757. The molecule has 6 nitrogen and oxygen atoms in total. The average molecular weight is 328 g/mol. The second-order valence-electron chi connectivity index (χ2n) is 4.17. The van der Waals surface area contributed by atoms with Crippen molar-refractivity contribution in [1.82, 2.24) is 10.6 Å². The van der Waals surface area contributed by atoms with Crippen molar-refractivity contribution >= 4 is 27.9 Å². The lowest BCUT2D eigenvalue weighted by Gasteiger charge is -2.10. The highest BCUT2D eigenvalue weighted by atomic mass is 79.9. The van der Waals surface area contributed by atoms with Gasteiger partial charge in [0.05, 0.1) is 13.2 Å². The fraction of sp³-hybridized carbons (Fsp3) is 0.333. The standard InChI is InChI=1S/C12H14BrN3O3/c13-9-3-7-1-2-19-11(7)8(4-9)5-15-6-10(17)16-12(14)18/h3-4,15H,1-2,5-6H2,(H3,14,16,17,18). The van der Waals surface area contributed by atoms with Crippen LogP contribution in [0, 0.1) is 0 Å². The fourth-order valence-corrected chi connectivity index (χ4v) is 2.52. The second kappa shape index (κ2) is 6.03. The van der Waals surface area contributed by atoms with E-state index in [9.17, 15) is 9.59 Å². The molecule has 1 heterocycles. The van der Waals surface area contributed by atoms with E-state index in [1.54, 1.807) is 0 Å². The minimum Gasteiger partial charge on any atom is -0.493 e. The summed E-state index contributed by atoms with van der Waals surface area (Å²) in [6.45, 7) is 1.18. The molecule has 0 unspecified atom stereocenters. The molecule has 0 fully saturated rings. The molecule has 1 aliphatic rings. The Morgan fingerprint density at radius 1 is 1.42 bits per heavy atom. The first-order valence-electron chi connectivity index (χ1n) is 5.80. The summed E-state index contributed by atoms with van der Waals surface area (Å²) in [5, 5.41) is 4.93. The van der Waals surface area contributed by atoms with Crippen LogP contribution in [0.1, 0.15) is 11.1 Å². The van der Waals surface area contributed by atoms with Gasteiger partial charge in [0, 0.05) is 23.0 Å². The molecule has 1 aromatic carbocycles. The molecule has 1 aliphatic heterocycles. The van der Waals surface area contributed by atoms with Crippen LogP contribution in [-0.4, -0.2) is 25.1 Å². The molecule has 0 saturated carbocycles. The van der Waals surface area contributed by atoms with Crippen molar-refractivity contribution in [3.05, 3.63) is 27.7 Å². The lowest BCUT2D eigenvalue weighted by atomic mass is 10.1. The van der Waals surface area contributed by atoms with Crippen LogP contribution in [0.5, 0.6) is 5.75 Å². The second-order valence-corrected chi connectivity index (χ2v) is 5.08. The maximum atomic E-state index is 11.2. The molecule has 2 rings (SSSR count). The number of halogens is 1. The van der Waals surface area contributed by atoms with Gasteiger partial charge in [0.2, 0.25) is 5.91 Å². The molecule has 0 spiro atoms. The van der Waals surface area contributed by atoms with E-state index < -0.39 is 11.9 Å². The summed E-state index contributed by atoms with van der Waals surface area (Å²) < 4.78 is 6.55. The topological polar surface area (TPSA) is 93.5 Å². The minimum atomic E-state index is -0.849. The van der Waals surface area contributed by atoms with Crippen molar-refractivity contribution in [2.24, 2.45) is 5.73 Å². The van der Waals surface area contributed by atoms with Crippen molar-refractivity contribution in [3.8, 4) is 5.75 Å². The number of amides is 3. The maximum Gasteiger partial charge on any atom is 0.318 e. The molecular weight excluding hydrogens is 314 g/mol. The molecule has 4 N–H and O–H groups in total. The van der Waals surface area contributed by atoms with Crippen LogP contribution in [0.15, 0.2) is 16.6 Å². The van der Waals surface area contributed by atoms with Gasteiger partial charge in [-0.25, -0.2) is 4.79 Å². The smallest absolute Gasteiger partial charge is 0.318 e. The minimum absolute atomic E-state index is 0.0181. The van der Waals surface area contributed by atoms with Crippen molar-refractivity contribution in [2.45, 2.75) is 13.0 Å². The van der Waals surface area contributed by atoms with E-state index >= 15 is 0 Å². The average Bonchev–Trinajstić information content (AvgIpc) is 2.75. The van der Waals surface area contributed by atoms with Crippen molar-refractivity contribution < 1.29 is 14.3 Å². The summed E-state index contributed by atoms with van der Waals surface area (Å²) in [6.07, 6.45) is 0.893. The summed E-state index contributed by atoms with van der Waals surface area (Å²) in [4.78, 5) is 21.7. The molecule has 0 atom stereocenters. The zero-order chi connectivity index (χ0) is 13.8. The molecule has 0 aliphatic carbocycles. The van der Waals surface area contributed by atoms with Gasteiger partial charge in [-0.1, -0.05) is 15.9 Å². The van der Waals surface area contributed by atoms with E-state index in [-0.39, 0.29) is 6.54 Å². The first kappa shape index (κ1) is 13.8. The van der Waals surface area contributed by atoms with Crippen LogP contribution in [-0.2, 0) is 17.8 Å². The van der Waals surface area contributed by atoms with E-state index in [1.807, 2.05) is 17.4 Å². The Hall–Kier alpha value is -1.60. The number of nitrogens with one attached hydrogen (secondary N) is 2. The number of rotatable bonds is 4. The molecule has 0 bridgehead atoms. The largest absolute Gasteiger partial charge is 0.493 e. The first-order chi connectivity index (χ1) is 9.06. The number of carbonyl (C=O) groups is 2. The highest BCUT2D eigenvalue weighted by Gasteiger charge is 2.17. The molecule has 1 aromatic rings. The van der Waals surface area contributed by atoms with Gasteiger partial charge in [-0.3, -0.25) is 10.1 Å². The SMILES string of the molecule is NC(=O)NC(=O)CNCc1cc(Br)cc2c1OCC2. The number of imide groups is 1. The van der Waals surface area contributed by atoms with Crippen LogP contribution < -0.4 is 21.1 Å². The number of nitrogens with two attached hydrogens (primary N) is 1. The van der Waals surface area contributed by atoms with Gasteiger partial charge in [-0.2, -0.15) is 0 Å². The molecule has 19 heavy (non-hydrogen) atoms. The third-order valence-electron chi connectivity index (χ3n) is 2.69. The monoisotopic (exact) mass is 327 g/mol. The van der Waals surface area contributed by atoms with Crippen LogP contribution in [0.2, 0.25) is 0 Å². The Labute approximate surface area is 118 Å². The van der Waals surface area contributed by atoms with Crippen LogP contribution in [0.25, 0.3) is 0 Å².